The highest BCUT2D eigenvalue weighted by Crippen LogP contribution is 2.12. The minimum absolute atomic E-state index is 0.575. The molecule has 34 heavy (non-hydrogen) atoms. The van der Waals surface area contributed by atoms with Crippen molar-refractivity contribution in [2.75, 3.05) is 84.6 Å². The van der Waals surface area contributed by atoms with Crippen LogP contribution in [0.5, 0.6) is 0 Å². The Balaban J connectivity index is 2.99. The van der Waals surface area contributed by atoms with Crippen LogP contribution in [0.4, 0.5) is 0 Å². The normalized spacial score (nSPS) is 11.5. The first kappa shape index (κ1) is 34.2. The van der Waals surface area contributed by atoms with Gasteiger partial charge in [-0.2, -0.15) is 0 Å². The molecule has 0 rings (SSSR count). The maximum absolute atomic E-state index is 5.65. The number of hydrogen-bond acceptors (Lipinski definition) is 6. The Morgan fingerprint density at radius 1 is 0.324 bits per heavy atom. The fourth-order valence-corrected chi connectivity index (χ4v) is 3.71. The van der Waals surface area contributed by atoms with Crippen molar-refractivity contribution in [1.29, 1.82) is 0 Å². The molecule has 0 N–H and O–H groups in total. The van der Waals surface area contributed by atoms with Crippen LogP contribution in [0, 0.1) is 0 Å². The van der Waals surface area contributed by atoms with Crippen molar-refractivity contribution in [3.8, 4) is 0 Å². The van der Waals surface area contributed by atoms with Crippen molar-refractivity contribution in [2.24, 2.45) is 0 Å². The van der Waals surface area contributed by atoms with E-state index in [1.54, 1.807) is 0 Å². The number of ether oxygens (including phenoxy) is 6. The Morgan fingerprint density at radius 2 is 0.588 bits per heavy atom. The smallest absolute Gasteiger partial charge is 0.0701 e. The van der Waals surface area contributed by atoms with Crippen molar-refractivity contribution in [2.45, 2.75) is 90.4 Å². The zero-order valence-corrected chi connectivity index (χ0v) is 23.8. The number of rotatable bonds is 31. The molecule has 0 atom stereocenters. The van der Waals surface area contributed by atoms with E-state index in [0.717, 1.165) is 18.4 Å². The van der Waals surface area contributed by atoms with E-state index >= 15 is 0 Å². The van der Waals surface area contributed by atoms with Crippen LogP contribution in [0.2, 0.25) is 0 Å². The molecule has 0 amide bonds. The van der Waals surface area contributed by atoms with Gasteiger partial charge < -0.3 is 28.4 Å². The summed E-state index contributed by atoms with van der Waals surface area (Å²) in [4.78, 5) is 0. The molecule has 0 saturated heterocycles. The second-order valence-corrected chi connectivity index (χ2v) is 9.40. The molecule has 0 aromatic carbocycles. The number of alkyl halides is 1. The zero-order chi connectivity index (χ0) is 24.6. The van der Waals surface area contributed by atoms with Gasteiger partial charge in [-0.3, -0.25) is 0 Å². The molecule has 0 spiro atoms. The molecular weight excluding hydrogens is 500 g/mol. The minimum atomic E-state index is 0.575. The molecule has 0 unspecified atom stereocenters. The zero-order valence-electron chi connectivity index (χ0n) is 22.2. The van der Waals surface area contributed by atoms with E-state index in [4.69, 9.17) is 28.4 Å². The maximum atomic E-state index is 5.65. The second-order valence-electron chi connectivity index (χ2n) is 8.61. The van der Waals surface area contributed by atoms with Crippen LogP contribution in [-0.4, -0.2) is 84.6 Å². The van der Waals surface area contributed by atoms with E-state index < -0.39 is 0 Å². The second kappa shape index (κ2) is 33.2. The quantitative estimate of drug-likeness (QED) is 0.0712. The first-order valence-corrected chi connectivity index (χ1v) is 15.1. The van der Waals surface area contributed by atoms with Crippen molar-refractivity contribution >= 4 is 15.9 Å². The van der Waals surface area contributed by atoms with E-state index in [-0.39, 0.29) is 0 Å². The van der Waals surface area contributed by atoms with Crippen LogP contribution < -0.4 is 0 Å². The lowest BCUT2D eigenvalue weighted by atomic mass is 10.0. The van der Waals surface area contributed by atoms with Crippen molar-refractivity contribution in [3.05, 3.63) is 0 Å². The summed E-state index contributed by atoms with van der Waals surface area (Å²) in [6.45, 7) is 9.88. The van der Waals surface area contributed by atoms with E-state index in [9.17, 15) is 0 Å². The monoisotopic (exact) mass is 554 g/mol. The Kier molecular flexibility index (Phi) is 33.5. The molecule has 0 aliphatic carbocycles. The number of halogens is 1. The summed E-state index contributed by atoms with van der Waals surface area (Å²) in [7, 11) is 0. The third kappa shape index (κ3) is 32.2. The lowest BCUT2D eigenvalue weighted by molar-refractivity contribution is -0.0162. The summed E-state index contributed by atoms with van der Waals surface area (Å²) < 4.78 is 32.8. The molecule has 0 bridgehead atoms. The predicted molar refractivity (Wildman–Crippen MR) is 144 cm³/mol. The van der Waals surface area contributed by atoms with Crippen LogP contribution in [0.3, 0.4) is 0 Å². The lowest BCUT2D eigenvalue weighted by Crippen LogP contribution is -2.14. The highest BCUT2D eigenvalue weighted by Gasteiger charge is 1.96. The van der Waals surface area contributed by atoms with Gasteiger partial charge in [0.15, 0.2) is 0 Å². The minimum Gasteiger partial charge on any atom is -0.379 e. The molecule has 0 radical (unpaired) electrons. The third-order valence-corrected chi connectivity index (χ3v) is 5.80. The fourth-order valence-electron chi connectivity index (χ4n) is 3.48. The molecule has 6 nitrogen and oxygen atoms in total. The highest BCUT2D eigenvalue weighted by atomic mass is 79.9. The van der Waals surface area contributed by atoms with Gasteiger partial charge in [0, 0.05) is 11.9 Å². The molecule has 0 aliphatic heterocycles. The molecule has 206 valence electrons. The summed E-state index contributed by atoms with van der Waals surface area (Å²) in [6.07, 6.45) is 17.9. The largest absolute Gasteiger partial charge is 0.379 e. The number of hydrogen-bond donors (Lipinski definition) is 0. The molecule has 0 aromatic heterocycles. The van der Waals surface area contributed by atoms with Gasteiger partial charge in [0.1, 0.15) is 0 Å². The average Bonchev–Trinajstić information content (AvgIpc) is 2.85. The van der Waals surface area contributed by atoms with Crippen LogP contribution in [0.25, 0.3) is 0 Å². The average molecular weight is 556 g/mol. The predicted octanol–water partition coefficient (Wildman–Crippen LogP) is 6.57. The first-order valence-electron chi connectivity index (χ1n) is 13.9. The van der Waals surface area contributed by atoms with Crippen molar-refractivity contribution < 1.29 is 28.4 Å². The van der Waals surface area contributed by atoms with E-state index in [2.05, 4.69) is 22.9 Å². The van der Waals surface area contributed by atoms with Gasteiger partial charge in [-0.05, 0) is 6.42 Å². The maximum Gasteiger partial charge on any atom is 0.0701 e. The van der Waals surface area contributed by atoms with Crippen LogP contribution in [0.15, 0.2) is 0 Å². The SMILES string of the molecule is CCCCCCCCCCCCCCCOCCOCCOCCOCCOCCOCCBr. The first-order chi connectivity index (χ1) is 16.9. The summed E-state index contributed by atoms with van der Waals surface area (Å²) in [5.74, 6) is 0. The van der Waals surface area contributed by atoms with Gasteiger partial charge in [0.25, 0.3) is 0 Å². The summed E-state index contributed by atoms with van der Waals surface area (Å²) in [5, 5.41) is 0.856. The van der Waals surface area contributed by atoms with E-state index in [0.29, 0.717) is 72.7 Å². The van der Waals surface area contributed by atoms with E-state index in [1.165, 1.54) is 77.0 Å². The molecular formula is C27H55BrO6. The standard InChI is InChI=1S/C27H55BrO6/c1-2-3-4-5-6-7-8-9-10-11-12-13-14-16-29-18-20-31-22-24-33-26-27-34-25-23-32-21-19-30-17-15-28/h2-27H2,1H3. The van der Waals surface area contributed by atoms with Gasteiger partial charge in [-0.1, -0.05) is 99.9 Å². The third-order valence-electron chi connectivity index (χ3n) is 5.47. The molecule has 0 aliphatic rings. The molecule has 0 saturated carbocycles. The van der Waals surface area contributed by atoms with Crippen molar-refractivity contribution in [1.82, 2.24) is 0 Å². The van der Waals surface area contributed by atoms with Crippen LogP contribution >= 0.6 is 15.9 Å². The molecule has 0 fully saturated rings. The van der Waals surface area contributed by atoms with Crippen LogP contribution in [0.1, 0.15) is 90.4 Å². The van der Waals surface area contributed by atoms with Gasteiger partial charge in [-0.25, -0.2) is 0 Å². The van der Waals surface area contributed by atoms with Gasteiger partial charge in [-0.15, -0.1) is 0 Å². The van der Waals surface area contributed by atoms with Crippen LogP contribution in [-0.2, 0) is 28.4 Å². The summed E-state index contributed by atoms with van der Waals surface area (Å²) in [5.41, 5.74) is 0. The topological polar surface area (TPSA) is 55.4 Å². The van der Waals surface area contributed by atoms with E-state index in [1.807, 2.05) is 0 Å². The highest BCUT2D eigenvalue weighted by molar-refractivity contribution is 9.09. The fraction of sp³-hybridized carbons (Fsp3) is 1.00. The molecule has 0 aromatic rings. The Hall–Kier alpha value is 0.240. The van der Waals surface area contributed by atoms with Gasteiger partial charge in [0.2, 0.25) is 0 Å². The Morgan fingerprint density at radius 3 is 0.912 bits per heavy atom. The van der Waals surface area contributed by atoms with Gasteiger partial charge in [0.05, 0.1) is 72.7 Å². The Labute approximate surface area is 219 Å². The lowest BCUT2D eigenvalue weighted by Gasteiger charge is -2.08. The summed E-state index contributed by atoms with van der Waals surface area (Å²) in [6, 6.07) is 0. The van der Waals surface area contributed by atoms with Gasteiger partial charge >= 0.3 is 0 Å². The summed E-state index contributed by atoms with van der Waals surface area (Å²) >= 11 is 3.31. The Bertz CT molecular complexity index is 317. The molecule has 0 heterocycles. The number of unbranched alkanes of at least 4 members (excludes halogenated alkanes) is 12. The van der Waals surface area contributed by atoms with Crippen molar-refractivity contribution in [3.63, 3.8) is 0 Å². The molecule has 7 heteroatoms.